The van der Waals surface area contributed by atoms with Crippen molar-refractivity contribution in [3.8, 4) is 5.75 Å². The molecular formula is C14H20Cl2N2O2. The topological polar surface area (TPSA) is 50.4 Å². The molecule has 0 aromatic heterocycles. The van der Waals surface area contributed by atoms with Crippen LogP contribution in [0.15, 0.2) is 12.1 Å². The molecule has 4 nitrogen and oxygen atoms in total. The molecule has 1 atom stereocenters. The first-order valence-corrected chi connectivity index (χ1v) is 6.76. The van der Waals surface area contributed by atoms with Crippen LogP contribution in [0.2, 0.25) is 5.02 Å². The summed E-state index contributed by atoms with van der Waals surface area (Å²) in [5.41, 5.74) is 1.59. The summed E-state index contributed by atoms with van der Waals surface area (Å²) in [5, 5.41) is 6.74. The van der Waals surface area contributed by atoms with Gasteiger partial charge in [-0.2, -0.15) is 0 Å². The second-order valence-corrected chi connectivity index (χ2v) is 5.41. The van der Waals surface area contributed by atoms with E-state index < -0.39 is 0 Å². The van der Waals surface area contributed by atoms with Crippen LogP contribution in [-0.4, -0.2) is 26.1 Å². The molecule has 1 aliphatic rings. The minimum absolute atomic E-state index is 0. The lowest BCUT2D eigenvalue weighted by atomic mass is 9.88. The Balaban J connectivity index is 0.00000200. The third kappa shape index (κ3) is 3.57. The van der Waals surface area contributed by atoms with Crippen LogP contribution < -0.4 is 15.4 Å². The van der Waals surface area contributed by atoms with Crippen LogP contribution >= 0.6 is 24.0 Å². The maximum absolute atomic E-state index is 12.2. The van der Waals surface area contributed by atoms with Gasteiger partial charge in [0.05, 0.1) is 12.8 Å². The number of halogens is 2. The fourth-order valence-electron chi connectivity index (χ4n) is 2.06. The number of anilines is 1. The molecule has 1 unspecified atom stereocenters. The van der Waals surface area contributed by atoms with E-state index in [4.69, 9.17) is 16.3 Å². The third-order valence-electron chi connectivity index (χ3n) is 3.67. The Morgan fingerprint density at radius 2 is 2.15 bits per heavy atom. The summed E-state index contributed by atoms with van der Waals surface area (Å²) in [5.74, 6) is 1.01. The SMILES string of the molecule is COc1cc(Cl)c(C)cc1NC(=O)C(C)C1CNC1.Cl. The van der Waals surface area contributed by atoms with E-state index in [1.165, 1.54) is 0 Å². The molecule has 0 spiro atoms. The summed E-state index contributed by atoms with van der Waals surface area (Å²) in [6, 6.07) is 3.56. The fraction of sp³-hybridized carbons (Fsp3) is 0.500. The average molecular weight is 319 g/mol. The minimum atomic E-state index is -0.0121. The number of aryl methyl sites for hydroxylation is 1. The quantitative estimate of drug-likeness (QED) is 0.897. The molecule has 1 heterocycles. The summed E-state index contributed by atoms with van der Waals surface area (Å²) in [4.78, 5) is 12.2. The highest BCUT2D eigenvalue weighted by molar-refractivity contribution is 6.31. The molecule has 0 bridgehead atoms. The molecule has 112 valence electrons. The highest BCUT2D eigenvalue weighted by Crippen LogP contribution is 2.31. The van der Waals surface area contributed by atoms with Crippen molar-refractivity contribution in [2.24, 2.45) is 11.8 Å². The first kappa shape index (κ1) is 17.1. The monoisotopic (exact) mass is 318 g/mol. The van der Waals surface area contributed by atoms with E-state index in [1.807, 2.05) is 19.9 Å². The van der Waals surface area contributed by atoms with Crippen LogP contribution in [0.4, 0.5) is 5.69 Å². The van der Waals surface area contributed by atoms with Crippen LogP contribution in [0.3, 0.4) is 0 Å². The predicted molar refractivity (Wildman–Crippen MR) is 84.1 cm³/mol. The Morgan fingerprint density at radius 1 is 1.50 bits per heavy atom. The summed E-state index contributed by atoms with van der Waals surface area (Å²) in [6.07, 6.45) is 0. The van der Waals surface area contributed by atoms with Crippen LogP contribution in [0.1, 0.15) is 12.5 Å². The fourth-order valence-corrected chi connectivity index (χ4v) is 2.21. The van der Waals surface area contributed by atoms with Gasteiger partial charge in [0, 0.05) is 17.0 Å². The molecule has 0 radical (unpaired) electrons. The number of hydrogen-bond donors (Lipinski definition) is 2. The Bertz CT molecular complexity index is 490. The van der Waals surface area contributed by atoms with Gasteiger partial charge in [-0.25, -0.2) is 0 Å². The molecule has 2 N–H and O–H groups in total. The van der Waals surface area contributed by atoms with E-state index in [0.29, 0.717) is 22.4 Å². The number of carbonyl (C=O) groups is 1. The first-order chi connectivity index (χ1) is 9.02. The van der Waals surface area contributed by atoms with Gasteiger partial charge < -0.3 is 15.4 Å². The Labute approximate surface area is 130 Å². The van der Waals surface area contributed by atoms with E-state index in [1.54, 1.807) is 13.2 Å². The number of amides is 1. The van der Waals surface area contributed by atoms with Gasteiger partial charge in [0.1, 0.15) is 5.75 Å². The van der Waals surface area contributed by atoms with Gasteiger partial charge in [0.25, 0.3) is 0 Å². The minimum Gasteiger partial charge on any atom is -0.495 e. The second kappa shape index (κ2) is 7.16. The summed E-state index contributed by atoms with van der Waals surface area (Å²) >= 11 is 6.04. The van der Waals surface area contributed by atoms with E-state index in [0.717, 1.165) is 18.7 Å². The molecular weight excluding hydrogens is 299 g/mol. The highest BCUT2D eigenvalue weighted by atomic mass is 35.5. The molecule has 20 heavy (non-hydrogen) atoms. The molecule has 6 heteroatoms. The smallest absolute Gasteiger partial charge is 0.227 e. The van der Waals surface area contributed by atoms with Crippen LogP contribution in [0.25, 0.3) is 0 Å². The average Bonchev–Trinajstić information content (AvgIpc) is 2.31. The number of rotatable bonds is 4. The number of ether oxygens (including phenoxy) is 1. The van der Waals surface area contributed by atoms with Crippen molar-refractivity contribution in [1.29, 1.82) is 0 Å². The van der Waals surface area contributed by atoms with Crippen LogP contribution in [0.5, 0.6) is 5.75 Å². The Morgan fingerprint density at radius 3 is 2.65 bits per heavy atom. The lowest BCUT2D eigenvalue weighted by Gasteiger charge is -2.31. The highest BCUT2D eigenvalue weighted by Gasteiger charge is 2.29. The Kier molecular flexibility index (Phi) is 6.11. The van der Waals surface area contributed by atoms with Gasteiger partial charge in [-0.3, -0.25) is 4.79 Å². The standard InChI is InChI=1S/C14H19ClN2O2.ClH/c1-8-4-12(13(19-3)5-11(8)15)17-14(18)9(2)10-6-16-7-10;/h4-5,9-10,16H,6-7H2,1-3H3,(H,17,18);1H. The number of methoxy groups -OCH3 is 1. The largest absolute Gasteiger partial charge is 0.495 e. The zero-order valence-electron chi connectivity index (χ0n) is 11.8. The van der Waals surface area contributed by atoms with Gasteiger partial charge in [-0.1, -0.05) is 18.5 Å². The van der Waals surface area contributed by atoms with Gasteiger partial charge in [0.2, 0.25) is 5.91 Å². The van der Waals surface area contributed by atoms with Crippen LogP contribution in [-0.2, 0) is 4.79 Å². The summed E-state index contributed by atoms with van der Waals surface area (Å²) < 4.78 is 5.25. The molecule has 0 saturated carbocycles. The van der Waals surface area contributed by atoms with Crippen molar-refractivity contribution < 1.29 is 9.53 Å². The third-order valence-corrected chi connectivity index (χ3v) is 4.08. The van der Waals surface area contributed by atoms with E-state index in [-0.39, 0.29) is 24.2 Å². The molecule has 2 rings (SSSR count). The molecule has 1 aromatic rings. The molecule has 1 fully saturated rings. The second-order valence-electron chi connectivity index (χ2n) is 5.00. The Hall–Kier alpha value is -0.970. The maximum Gasteiger partial charge on any atom is 0.227 e. The molecule has 1 amide bonds. The van der Waals surface area contributed by atoms with Crippen molar-refractivity contribution in [2.45, 2.75) is 13.8 Å². The van der Waals surface area contributed by atoms with E-state index in [9.17, 15) is 4.79 Å². The summed E-state index contributed by atoms with van der Waals surface area (Å²) in [7, 11) is 1.57. The number of hydrogen-bond acceptors (Lipinski definition) is 3. The normalized spacial score (nSPS) is 15.8. The zero-order valence-corrected chi connectivity index (χ0v) is 13.4. The molecule has 1 aromatic carbocycles. The van der Waals surface area contributed by atoms with Gasteiger partial charge in [-0.05, 0) is 37.6 Å². The van der Waals surface area contributed by atoms with Gasteiger partial charge in [-0.15, -0.1) is 12.4 Å². The van der Waals surface area contributed by atoms with Crippen molar-refractivity contribution in [3.05, 3.63) is 22.7 Å². The van der Waals surface area contributed by atoms with E-state index >= 15 is 0 Å². The van der Waals surface area contributed by atoms with Gasteiger partial charge in [0.15, 0.2) is 0 Å². The van der Waals surface area contributed by atoms with Gasteiger partial charge >= 0.3 is 0 Å². The number of nitrogens with one attached hydrogen (secondary N) is 2. The summed E-state index contributed by atoms with van der Waals surface area (Å²) in [6.45, 7) is 5.67. The van der Waals surface area contributed by atoms with E-state index in [2.05, 4.69) is 10.6 Å². The maximum atomic E-state index is 12.2. The first-order valence-electron chi connectivity index (χ1n) is 6.38. The molecule has 1 saturated heterocycles. The molecule has 0 aliphatic carbocycles. The lowest BCUT2D eigenvalue weighted by Crippen LogP contribution is -2.48. The van der Waals surface area contributed by atoms with Crippen molar-refractivity contribution in [2.75, 3.05) is 25.5 Å². The number of carbonyl (C=O) groups excluding carboxylic acids is 1. The number of benzene rings is 1. The van der Waals surface area contributed by atoms with Crippen molar-refractivity contribution in [1.82, 2.24) is 5.32 Å². The lowest BCUT2D eigenvalue weighted by molar-refractivity contribution is -0.121. The predicted octanol–water partition coefficient (Wildman–Crippen LogP) is 2.87. The van der Waals surface area contributed by atoms with Crippen molar-refractivity contribution >= 4 is 35.6 Å². The zero-order chi connectivity index (χ0) is 14.0. The van der Waals surface area contributed by atoms with Crippen LogP contribution in [0, 0.1) is 18.8 Å². The molecule has 1 aliphatic heterocycles. The van der Waals surface area contributed by atoms with Crippen molar-refractivity contribution in [3.63, 3.8) is 0 Å².